The van der Waals surface area contributed by atoms with Crippen molar-refractivity contribution in [2.24, 2.45) is 5.73 Å². The Hall–Kier alpha value is -1.69. The Morgan fingerprint density at radius 1 is 1.44 bits per heavy atom. The second-order valence-electron chi connectivity index (χ2n) is 3.20. The predicted molar refractivity (Wildman–Crippen MR) is 62.5 cm³/mol. The van der Waals surface area contributed by atoms with Crippen LogP contribution < -0.4 is 22.5 Å². The summed E-state index contributed by atoms with van der Waals surface area (Å²) >= 11 is 5.61. The van der Waals surface area contributed by atoms with Crippen LogP contribution in [-0.2, 0) is 4.79 Å². The minimum atomic E-state index is -0.733. The number of carbonyl (C=O) groups is 1. The second-order valence-corrected chi connectivity index (χ2v) is 3.58. The molecule has 0 bridgehead atoms. The molecule has 0 spiro atoms. The SMILES string of the molecule is NC(=O)CCNc1c(N)cc(N)c(Cl)c1F. The molecule has 1 aromatic carbocycles. The topological polar surface area (TPSA) is 107 Å². The molecular formula is C9H12ClFN4O. The fourth-order valence-electron chi connectivity index (χ4n) is 1.16. The first-order valence-electron chi connectivity index (χ1n) is 4.48. The number of hydrogen-bond donors (Lipinski definition) is 4. The van der Waals surface area contributed by atoms with E-state index in [0.29, 0.717) is 0 Å². The molecule has 0 unspecified atom stereocenters. The Balaban J connectivity index is 2.87. The minimum absolute atomic E-state index is 0.0282. The van der Waals surface area contributed by atoms with Crippen molar-refractivity contribution >= 4 is 34.6 Å². The second kappa shape index (κ2) is 4.89. The van der Waals surface area contributed by atoms with E-state index < -0.39 is 11.7 Å². The van der Waals surface area contributed by atoms with Crippen LogP contribution in [-0.4, -0.2) is 12.5 Å². The minimum Gasteiger partial charge on any atom is -0.397 e. The molecule has 1 aromatic rings. The number of anilines is 3. The Morgan fingerprint density at radius 3 is 2.62 bits per heavy atom. The molecule has 5 nitrogen and oxygen atoms in total. The molecule has 88 valence electrons. The first-order valence-corrected chi connectivity index (χ1v) is 4.86. The molecule has 0 aliphatic heterocycles. The Morgan fingerprint density at radius 2 is 2.06 bits per heavy atom. The van der Waals surface area contributed by atoms with E-state index >= 15 is 0 Å². The lowest BCUT2D eigenvalue weighted by molar-refractivity contribution is -0.117. The summed E-state index contributed by atoms with van der Waals surface area (Å²) in [5.41, 5.74) is 16.1. The summed E-state index contributed by atoms with van der Waals surface area (Å²) in [5, 5.41) is 2.44. The summed E-state index contributed by atoms with van der Waals surface area (Å²) < 4.78 is 13.6. The lowest BCUT2D eigenvalue weighted by atomic mass is 10.2. The number of primary amides is 1. The van der Waals surface area contributed by atoms with Gasteiger partial charge in [-0.05, 0) is 6.07 Å². The third-order valence-corrected chi connectivity index (χ3v) is 2.32. The van der Waals surface area contributed by atoms with E-state index in [2.05, 4.69) is 5.32 Å². The zero-order valence-corrected chi connectivity index (χ0v) is 9.14. The summed E-state index contributed by atoms with van der Waals surface area (Å²) in [7, 11) is 0. The number of nitrogens with two attached hydrogens (primary N) is 3. The van der Waals surface area contributed by atoms with E-state index in [0.717, 1.165) is 0 Å². The average molecular weight is 247 g/mol. The first kappa shape index (κ1) is 12.4. The normalized spacial score (nSPS) is 10.1. The number of halogens is 2. The smallest absolute Gasteiger partial charge is 0.219 e. The summed E-state index contributed by atoms with van der Waals surface area (Å²) in [4.78, 5) is 10.5. The van der Waals surface area contributed by atoms with E-state index in [1.54, 1.807) is 0 Å². The number of benzene rings is 1. The maximum Gasteiger partial charge on any atom is 0.219 e. The quantitative estimate of drug-likeness (QED) is 0.593. The summed E-state index contributed by atoms with van der Waals surface area (Å²) in [5.74, 6) is -1.23. The van der Waals surface area contributed by atoms with Crippen molar-refractivity contribution in [1.82, 2.24) is 0 Å². The molecule has 0 radical (unpaired) electrons. The molecule has 0 heterocycles. The maximum absolute atomic E-state index is 13.6. The van der Waals surface area contributed by atoms with Gasteiger partial charge in [0, 0.05) is 13.0 Å². The van der Waals surface area contributed by atoms with E-state index in [1.165, 1.54) is 6.07 Å². The van der Waals surface area contributed by atoms with Gasteiger partial charge in [-0.3, -0.25) is 4.79 Å². The van der Waals surface area contributed by atoms with E-state index in [4.69, 9.17) is 28.8 Å². The van der Waals surface area contributed by atoms with Crippen molar-refractivity contribution in [1.29, 1.82) is 0 Å². The van der Waals surface area contributed by atoms with Crippen molar-refractivity contribution in [2.45, 2.75) is 6.42 Å². The number of carbonyl (C=O) groups excluding carboxylic acids is 1. The third-order valence-electron chi connectivity index (χ3n) is 1.94. The van der Waals surface area contributed by atoms with Crippen LogP contribution >= 0.6 is 11.6 Å². The van der Waals surface area contributed by atoms with Gasteiger partial charge in [0.05, 0.1) is 17.1 Å². The Kier molecular flexibility index (Phi) is 3.78. The zero-order chi connectivity index (χ0) is 12.3. The molecule has 0 fully saturated rings. The van der Waals surface area contributed by atoms with Gasteiger partial charge in [0.25, 0.3) is 0 Å². The van der Waals surface area contributed by atoms with Gasteiger partial charge in [0.1, 0.15) is 5.02 Å². The van der Waals surface area contributed by atoms with E-state index in [9.17, 15) is 9.18 Å². The van der Waals surface area contributed by atoms with Crippen molar-refractivity contribution in [3.63, 3.8) is 0 Å². The van der Waals surface area contributed by atoms with Crippen LogP contribution in [0.2, 0.25) is 5.02 Å². The molecular weight excluding hydrogens is 235 g/mol. The lowest BCUT2D eigenvalue weighted by Gasteiger charge is -2.12. The van der Waals surface area contributed by atoms with Gasteiger partial charge >= 0.3 is 0 Å². The number of hydrogen-bond acceptors (Lipinski definition) is 4. The largest absolute Gasteiger partial charge is 0.397 e. The predicted octanol–water partition coefficient (Wildman–Crippen LogP) is 0.931. The van der Waals surface area contributed by atoms with Crippen LogP contribution in [0.15, 0.2) is 6.07 Å². The Bertz CT molecular complexity index is 424. The highest BCUT2D eigenvalue weighted by molar-refractivity contribution is 6.33. The van der Waals surface area contributed by atoms with Crippen molar-refractivity contribution in [3.05, 3.63) is 16.9 Å². The standard InChI is InChI=1S/C9H12ClFN4O/c10-7-4(12)3-5(13)9(8(7)11)15-2-1-6(14)16/h3,15H,1-2,12-13H2,(H2,14,16). The molecule has 0 saturated heterocycles. The number of nitrogens with one attached hydrogen (secondary N) is 1. The van der Waals surface area contributed by atoms with Crippen molar-refractivity contribution in [3.8, 4) is 0 Å². The molecule has 7 N–H and O–H groups in total. The summed E-state index contributed by atoms with van der Waals surface area (Å²) in [6.45, 7) is 0.177. The number of nitrogen functional groups attached to an aromatic ring is 2. The zero-order valence-electron chi connectivity index (χ0n) is 8.39. The molecule has 0 aliphatic rings. The molecule has 0 aliphatic carbocycles. The van der Waals surface area contributed by atoms with Gasteiger partial charge in [0.2, 0.25) is 5.91 Å². The monoisotopic (exact) mass is 246 g/mol. The molecule has 16 heavy (non-hydrogen) atoms. The molecule has 0 aromatic heterocycles. The van der Waals surface area contributed by atoms with Crippen LogP contribution in [0.25, 0.3) is 0 Å². The molecule has 7 heteroatoms. The van der Waals surface area contributed by atoms with E-state index in [-0.39, 0.29) is 35.1 Å². The van der Waals surface area contributed by atoms with Gasteiger partial charge in [-0.1, -0.05) is 11.6 Å². The highest BCUT2D eigenvalue weighted by Crippen LogP contribution is 2.33. The number of amides is 1. The van der Waals surface area contributed by atoms with Crippen molar-refractivity contribution in [2.75, 3.05) is 23.3 Å². The van der Waals surface area contributed by atoms with Crippen LogP contribution in [0.4, 0.5) is 21.5 Å². The van der Waals surface area contributed by atoms with Crippen LogP contribution in [0.3, 0.4) is 0 Å². The van der Waals surface area contributed by atoms with Gasteiger partial charge in [0.15, 0.2) is 5.82 Å². The third kappa shape index (κ3) is 2.66. The fourth-order valence-corrected chi connectivity index (χ4v) is 1.31. The Labute approximate surface area is 96.7 Å². The van der Waals surface area contributed by atoms with Crippen molar-refractivity contribution < 1.29 is 9.18 Å². The first-order chi connectivity index (χ1) is 7.43. The lowest BCUT2D eigenvalue weighted by Crippen LogP contribution is -2.17. The van der Waals surface area contributed by atoms with Crippen LogP contribution in [0.1, 0.15) is 6.42 Å². The van der Waals surface area contributed by atoms with Gasteiger partial charge in [-0.15, -0.1) is 0 Å². The van der Waals surface area contributed by atoms with Crippen LogP contribution in [0, 0.1) is 5.82 Å². The maximum atomic E-state index is 13.6. The van der Waals surface area contributed by atoms with E-state index in [1.807, 2.05) is 0 Å². The van der Waals surface area contributed by atoms with Gasteiger partial charge in [-0.2, -0.15) is 0 Å². The highest BCUT2D eigenvalue weighted by Gasteiger charge is 2.13. The molecule has 1 rings (SSSR count). The average Bonchev–Trinajstić information content (AvgIpc) is 2.19. The summed E-state index contributed by atoms with van der Waals surface area (Å²) in [6, 6.07) is 1.35. The molecule has 0 atom stereocenters. The summed E-state index contributed by atoms with van der Waals surface area (Å²) in [6.07, 6.45) is 0.0703. The number of rotatable bonds is 4. The molecule has 0 saturated carbocycles. The fraction of sp³-hybridized carbons (Fsp3) is 0.222. The molecule has 1 amide bonds. The van der Waals surface area contributed by atoms with Crippen LogP contribution in [0.5, 0.6) is 0 Å². The van der Waals surface area contributed by atoms with Gasteiger partial charge in [-0.25, -0.2) is 4.39 Å². The highest BCUT2D eigenvalue weighted by atomic mass is 35.5. The van der Waals surface area contributed by atoms with Gasteiger partial charge < -0.3 is 22.5 Å².